The zero-order valence-electron chi connectivity index (χ0n) is 14.1. The maximum Gasteiger partial charge on any atom is 0.342 e. The van der Waals surface area contributed by atoms with Crippen LogP contribution in [0.3, 0.4) is 0 Å². The Bertz CT molecular complexity index is 691. The second-order valence-electron chi connectivity index (χ2n) is 5.76. The zero-order chi connectivity index (χ0) is 17.6. The molecule has 0 saturated heterocycles. The highest BCUT2D eigenvalue weighted by Crippen LogP contribution is 2.28. The number of thiol groups is 1. The van der Waals surface area contributed by atoms with Gasteiger partial charge < -0.3 is 15.8 Å². The number of nitrogens with two attached hydrogens (primary N) is 1. The Morgan fingerprint density at radius 1 is 1.25 bits per heavy atom. The number of ether oxygens (including phenoxy) is 1. The fraction of sp³-hybridized carbons (Fsp3) is 0.316. The van der Waals surface area contributed by atoms with E-state index in [0.717, 1.165) is 16.8 Å². The summed E-state index contributed by atoms with van der Waals surface area (Å²) in [5.74, 6) is -0.376. The molecule has 0 radical (unpaired) electrons. The maximum atomic E-state index is 12.5. The summed E-state index contributed by atoms with van der Waals surface area (Å²) in [5.41, 5.74) is 9.45. The molecular weight excluding hydrogens is 320 g/mol. The van der Waals surface area contributed by atoms with Crippen molar-refractivity contribution in [2.75, 3.05) is 17.7 Å². The SMILES string of the molecule is CCOC(=O)C(S)(CCc1ccccc1)Nc1ccc(N)c(C)c1. The van der Waals surface area contributed by atoms with Gasteiger partial charge in [-0.3, -0.25) is 0 Å². The van der Waals surface area contributed by atoms with E-state index in [2.05, 4.69) is 17.9 Å². The first-order valence-corrected chi connectivity index (χ1v) is 8.47. The molecule has 0 saturated carbocycles. The van der Waals surface area contributed by atoms with Crippen molar-refractivity contribution in [2.45, 2.75) is 31.6 Å². The Balaban J connectivity index is 2.18. The number of carbonyl (C=O) groups excluding carboxylic acids is 1. The third kappa shape index (κ3) is 4.68. The minimum atomic E-state index is -1.10. The molecular formula is C19H24N2O2S. The van der Waals surface area contributed by atoms with Crippen molar-refractivity contribution in [3.63, 3.8) is 0 Å². The molecule has 0 heterocycles. The van der Waals surface area contributed by atoms with E-state index < -0.39 is 4.87 Å². The molecule has 24 heavy (non-hydrogen) atoms. The van der Waals surface area contributed by atoms with Crippen LogP contribution in [0.25, 0.3) is 0 Å². The highest BCUT2D eigenvalue weighted by molar-refractivity contribution is 7.82. The third-order valence-corrected chi connectivity index (χ3v) is 4.37. The molecule has 0 fully saturated rings. The van der Waals surface area contributed by atoms with E-state index >= 15 is 0 Å². The molecule has 4 nitrogen and oxygen atoms in total. The van der Waals surface area contributed by atoms with Gasteiger partial charge >= 0.3 is 5.97 Å². The van der Waals surface area contributed by atoms with Crippen LogP contribution in [0.2, 0.25) is 0 Å². The first-order chi connectivity index (χ1) is 11.4. The molecule has 128 valence electrons. The first-order valence-electron chi connectivity index (χ1n) is 8.02. The number of esters is 1. The van der Waals surface area contributed by atoms with Crippen LogP contribution in [-0.4, -0.2) is 17.4 Å². The normalized spacial score (nSPS) is 13.1. The van der Waals surface area contributed by atoms with Gasteiger partial charge in [0.2, 0.25) is 0 Å². The van der Waals surface area contributed by atoms with E-state index in [0.29, 0.717) is 25.1 Å². The summed E-state index contributed by atoms with van der Waals surface area (Å²) in [7, 11) is 0. The Morgan fingerprint density at radius 3 is 2.58 bits per heavy atom. The number of rotatable bonds is 7. The molecule has 2 rings (SSSR count). The second kappa shape index (κ2) is 8.11. The van der Waals surface area contributed by atoms with Crippen molar-refractivity contribution in [3.8, 4) is 0 Å². The number of nitrogens with one attached hydrogen (secondary N) is 1. The maximum absolute atomic E-state index is 12.5. The molecule has 0 aliphatic carbocycles. The van der Waals surface area contributed by atoms with Crippen LogP contribution in [0.4, 0.5) is 11.4 Å². The average molecular weight is 344 g/mol. The van der Waals surface area contributed by atoms with E-state index in [9.17, 15) is 4.79 Å². The van der Waals surface area contributed by atoms with Crippen LogP contribution < -0.4 is 11.1 Å². The number of hydrogen-bond acceptors (Lipinski definition) is 5. The quantitative estimate of drug-likeness (QED) is 0.309. The molecule has 0 aromatic heterocycles. The molecule has 1 unspecified atom stereocenters. The van der Waals surface area contributed by atoms with Crippen molar-refractivity contribution in [1.29, 1.82) is 0 Å². The Hall–Kier alpha value is -2.14. The first kappa shape index (κ1) is 18.2. The largest absolute Gasteiger partial charge is 0.464 e. The Morgan fingerprint density at radius 2 is 1.96 bits per heavy atom. The minimum absolute atomic E-state index is 0.314. The molecule has 2 aromatic carbocycles. The van der Waals surface area contributed by atoms with E-state index in [1.807, 2.05) is 55.5 Å². The van der Waals surface area contributed by atoms with Crippen molar-refractivity contribution >= 4 is 30.0 Å². The van der Waals surface area contributed by atoms with Crippen molar-refractivity contribution < 1.29 is 9.53 Å². The number of aryl methyl sites for hydroxylation is 2. The summed E-state index contributed by atoms with van der Waals surface area (Å²) in [4.78, 5) is 11.4. The molecule has 0 spiro atoms. The number of nitrogen functional groups attached to an aromatic ring is 1. The average Bonchev–Trinajstić information content (AvgIpc) is 2.57. The van der Waals surface area contributed by atoms with E-state index in [1.165, 1.54) is 0 Å². The fourth-order valence-corrected chi connectivity index (χ4v) is 2.73. The van der Waals surface area contributed by atoms with Gasteiger partial charge in [-0.15, -0.1) is 12.6 Å². The van der Waals surface area contributed by atoms with Gasteiger partial charge in [-0.2, -0.15) is 0 Å². The summed E-state index contributed by atoms with van der Waals surface area (Å²) in [6.07, 6.45) is 1.21. The van der Waals surface area contributed by atoms with Gasteiger partial charge in [-0.1, -0.05) is 30.3 Å². The third-order valence-electron chi connectivity index (χ3n) is 3.85. The van der Waals surface area contributed by atoms with Crippen molar-refractivity contribution in [1.82, 2.24) is 0 Å². The van der Waals surface area contributed by atoms with Crippen LogP contribution in [0.1, 0.15) is 24.5 Å². The monoisotopic (exact) mass is 344 g/mol. The van der Waals surface area contributed by atoms with Crippen LogP contribution in [0.15, 0.2) is 48.5 Å². The molecule has 0 aliphatic heterocycles. The summed E-state index contributed by atoms with van der Waals surface area (Å²) in [5, 5.41) is 3.21. The van der Waals surface area contributed by atoms with Crippen molar-refractivity contribution in [3.05, 3.63) is 59.7 Å². The predicted octanol–water partition coefficient (Wildman–Crippen LogP) is 3.81. The van der Waals surface area contributed by atoms with Crippen LogP contribution in [0, 0.1) is 6.92 Å². The summed E-state index contributed by atoms with van der Waals surface area (Å²) in [6, 6.07) is 15.6. The van der Waals surface area contributed by atoms with E-state index in [-0.39, 0.29) is 5.97 Å². The van der Waals surface area contributed by atoms with E-state index in [1.54, 1.807) is 6.92 Å². The molecule has 0 bridgehead atoms. The highest BCUT2D eigenvalue weighted by Gasteiger charge is 2.35. The number of carbonyl (C=O) groups is 1. The molecule has 0 amide bonds. The van der Waals surface area contributed by atoms with Gasteiger partial charge in [0.25, 0.3) is 0 Å². The lowest BCUT2D eigenvalue weighted by atomic mass is 10.0. The fourth-order valence-electron chi connectivity index (χ4n) is 2.43. The summed E-state index contributed by atoms with van der Waals surface area (Å²) < 4.78 is 5.22. The van der Waals surface area contributed by atoms with Crippen molar-refractivity contribution in [2.24, 2.45) is 0 Å². The highest BCUT2D eigenvalue weighted by atomic mass is 32.1. The minimum Gasteiger partial charge on any atom is -0.464 e. The number of hydrogen-bond donors (Lipinski definition) is 3. The lowest BCUT2D eigenvalue weighted by molar-refractivity contribution is -0.145. The summed E-state index contributed by atoms with van der Waals surface area (Å²) >= 11 is 4.63. The summed E-state index contributed by atoms with van der Waals surface area (Å²) in [6.45, 7) is 4.03. The molecule has 3 N–H and O–H groups in total. The number of benzene rings is 2. The second-order valence-corrected chi connectivity index (χ2v) is 6.53. The molecule has 5 heteroatoms. The van der Waals surface area contributed by atoms with Gasteiger partial charge in [0.15, 0.2) is 4.87 Å². The number of anilines is 2. The molecule has 1 atom stereocenters. The zero-order valence-corrected chi connectivity index (χ0v) is 15.0. The Kier molecular flexibility index (Phi) is 6.15. The van der Waals surface area contributed by atoms with Gasteiger partial charge in [-0.25, -0.2) is 4.79 Å². The predicted molar refractivity (Wildman–Crippen MR) is 102 cm³/mol. The van der Waals surface area contributed by atoms with Gasteiger partial charge in [0.1, 0.15) is 0 Å². The van der Waals surface area contributed by atoms with Crippen LogP contribution >= 0.6 is 12.6 Å². The smallest absolute Gasteiger partial charge is 0.342 e. The lowest BCUT2D eigenvalue weighted by Crippen LogP contribution is -2.43. The van der Waals surface area contributed by atoms with Gasteiger partial charge in [0.05, 0.1) is 6.61 Å². The molecule has 2 aromatic rings. The molecule has 0 aliphatic rings. The van der Waals surface area contributed by atoms with E-state index in [4.69, 9.17) is 10.5 Å². The van der Waals surface area contributed by atoms with Gasteiger partial charge in [-0.05, 0) is 56.0 Å². The standard InChI is InChI=1S/C19H24N2O2S/c1-3-23-18(22)19(24,12-11-15-7-5-4-6-8-15)21-16-9-10-17(20)14(2)13-16/h4-10,13,21,24H,3,11-12,20H2,1-2H3. The van der Waals surface area contributed by atoms with Gasteiger partial charge in [0, 0.05) is 11.4 Å². The topological polar surface area (TPSA) is 64.3 Å². The Labute approximate surface area is 148 Å². The van der Waals surface area contributed by atoms with Crippen LogP contribution in [0.5, 0.6) is 0 Å². The lowest BCUT2D eigenvalue weighted by Gasteiger charge is -2.29. The van der Waals surface area contributed by atoms with Crippen LogP contribution in [-0.2, 0) is 16.0 Å².